The van der Waals surface area contributed by atoms with E-state index in [-0.39, 0.29) is 19.1 Å². The molecule has 1 rings (SSSR count). The van der Waals surface area contributed by atoms with E-state index in [0.717, 1.165) is 6.20 Å². The third kappa shape index (κ3) is 4.62. The van der Waals surface area contributed by atoms with Crippen LogP contribution in [0, 0.1) is 5.92 Å². The summed E-state index contributed by atoms with van der Waals surface area (Å²) in [6.07, 6.45) is 2.07. The molecule has 0 fully saturated rings. The van der Waals surface area contributed by atoms with Crippen molar-refractivity contribution in [2.75, 3.05) is 13.2 Å². The van der Waals surface area contributed by atoms with Gasteiger partial charge in [0.15, 0.2) is 4.90 Å². The Balaban J connectivity index is 2.66. The van der Waals surface area contributed by atoms with Crippen LogP contribution in [0.2, 0.25) is 0 Å². The molecule has 9 heteroatoms. The first-order valence-electron chi connectivity index (χ1n) is 5.79. The van der Waals surface area contributed by atoms with Crippen LogP contribution in [0.25, 0.3) is 0 Å². The second kappa shape index (κ2) is 6.64. The number of rotatable bonds is 7. The number of aliphatic hydroxyl groups is 1. The van der Waals surface area contributed by atoms with E-state index in [4.69, 9.17) is 5.11 Å². The van der Waals surface area contributed by atoms with E-state index in [1.165, 1.54) is 0 Å². The van der Waals surface area contributed by atoms with Crippen LogP contribution in [0.15, 0.2) is 20.7 Å². The van der Waals surface area contributed by atoms with Crippen molar-refractivity contribution in [3.8, 4) is 0 Å². The first-order chi connectivity index (χ1) is 8.86. The predicted octanol–water partition coefficient (Wildman–Crippen LogP) is -1.25. The SMILES string of the molecule is CC(CO)CCCNS(=O)(=O)c1c[nH]c(=O)[nH]c1=O. The molecule has 1 unspecified atom stereocenters. The summed E-state index contributed by atoms with van der Waals surface area (Å²) in [4.78, 5) is 25.6. The third-order valence-electron chi connectivity index (χ3n) is 2.55. The molecule has 0 radical (unpaired) electrons. The second-order valence-corrected chi connectivity index (χ2v) is 6.00. The standard InChI is InChI=1S/C10H17N3O5S/c1-7(6-14)3-2-4-12-19(17,18)8-5-11-10(16)13-9(8)15/h5,7,12,14H,2-4,6H2,1H3,(H2,11,13,15,16). The predicted molar refractivity (Wildman–Crippen MR) is 68.4 cm³/mol. The molecule has 0 bridgehead atoms. The van der Waals surface area contributed by atoms with Crippen LogP contribution < -0.4 is 16.0 Å². The summed E-state index contributed by atoms with van der Waals surface area (Å²) in [7, 11) is -3.94. The summed E-state index contributed by atoms with van der Waals surface area (Å²) in [5.74, 6) is 0.0981. The van der Waals surface area contributed by atoms with Gasteiger partial charge in [-0.1, -0.05) is 6.92 Å². The number of hydrogen-bond acceptors (Lipinski definition) is 5. The van der Waals surface area contributed by atoms with Gasteiger partial charge in [0, 0.05) is 19.3 Å². The number of aromatic nitrogens is 2. The zero-order valence-electron chi connectivity index (χ0n) is 10.5. The molecular formula is C10H17N3O5S. The maximum atomic E-state index is 11.8. The van der Waals surface area contributed by atoms with Crippen LogP contribution in [0.4, 0.5) is 0 Å². The summed E-state index contributed by atoms with van der Waals surface area (Å²) < 4.78 is 25.8. The molecule has 1 aromatic heterocycles. The van der Waals surface area contributed by atoms with Gasteiger partial charge in [0.2, 0.25) is 10.0 Å². The van der Waals surface area contributed by atoms with Gasteiger partial charge in [0.25, 0.3) is 5.56 Å². The van der Waals surface area contributed by atoms with E-state index >= 15 is 0 Å². The Hall–Kier alpha value is -1.45. The van der Waals surface area contributed by atoms with Gasteiger partial charge in [0.05, 0.1) is 0 Å². The molecule has 0 saturated carbocycles. The quantitative estimate of drug-likeness (QED) is 0.466. The first kappa shape index (κ1) is 15.6. The average Bonchev–Trinajstić information content (AvgIpc) is 2.33. The van der Waals surface area contributed by atoms with Crippen molar-refractivity contribution < 1.29 is 13.5 Å². The lowest BCUT2D eigenvalue weighted by molar-refractivity contribution is 0.228. The summed E-state index contributed by atoms with van der Waals surface area (Å²) in [5, 5.41) is 8.82. The molecule has 108 valence electrons. The Morgan fingerprint density at radius 2 is 2.11 bits per heavy atom. The fourth-order valence-corrected chi connectivity index (χ4v) is 2.50. The maximum Gasteiger partial charge on any atom is 0.325 e. The van der Waals surface area contributed by atoms with Crippen molar-refractivity contribution in [3.05, 3.63) is 27.0 Å². The topological polar surface area (TPSA) is 132 Å². The summed E-state index contributed by atoms with van der Waals surface area (Å²) in [5.41, 5.74) is -1.72. The molecule has 0 aromatic carbocycles. The molecule has 1 aromatic rings. The van der Waals surface area contributed by atoms with E-state index in [1.54, 1.807) is 0 Å². The number of hydrogen-bond donors (Lipinski definition) is 4. The van der Waals surface area contributed by atoms with Gasteiger partial charge in [0.1, 0.15) is 0 Å². The lowest BCUT2D eigenvalue weighted by Gasteiger charge is -2.08. The number of H-pyrrole nitrogens is 2. The molecule has 1 heterocycles. The Bertz CT molecular complexity index is 619. The van der Waals surface area contributed by atoms with Crippen molar-refractivity contribution in [1.29, 1.82) is 0 Å². The highest BCUT2D eigenvalue weighted by Crippen LogP contribution is 2.04. The molecular weight excluding hydrogens is 274 g/mol. The Morgan fingerprint density at radius 1 is 1.42 bits per heavy atom. The molecule has 0 aliphatic rings. The van der Waals surface area contributed by atoms with Crippen molar-refractivity contribution in [1.82, 2.24) is 14.7 Å². The minimum atomic E-state index is -3.94. The highest BCUT2D eigenvalue weighted by molar-refractivity contribution is 7.89. The number of aromatic amines is 2. The lowest BCUT2D eigenvalue weighted by atomic mass is 10.1. The summed E-state index contributed by atoms with van der Waals surface area (Å²) in [6, 6.07) is 0. The van der Waals surface area contributed by atoms with Crippen molar-refractivity contribution >= 4 is 10.0 Å². The molecule has 0 spiro atoms. The lowest BCUT2D eigenvalue weighted by Crippen LogP contribution is -2.33. The zero-order valence-corrected chi connectivity index (χ0v) is 11.3. The van der Waals surface area contributed by atoms with Crippen molar-refractivity contribution in [2.45, 2.75) is 24.7 Å². The fourth-order valence-electron chi connectivity index (χ4n) is 1.42. The van der Waals surface area contributed by atoms with Crippen LogP contribution in [-0.4, -0.2) is 36.6 Å². The second-order valence-electron chi connectivity index (χ2n) is 4.26. The van der Waals surface area contributed by atoms with E-state index in [0.29, 0.717) is 12.8 Å². The number of sulfonamides is 1. The van der Waals surface area contributed by atoms with Gasteiger partial charge >= 0.3 is 5.69 Å². The highest BCUT2D eigenvalue weighted by atomic mass is 32.2. The van der Waals surface area contributed by atoms with Gasteiger partial charge in [-0.15, -0.1) is 0 Å². The molecule has 4 N–H and O–H groups in total. The van der Waals surface area contributed by atoms with Crippen LogP contribution >= 0.6 is 0 Å². The fraction of sp³-hybridized carbons (Fsp3) is 0.600. The Morgan fingerprint density at radius 3 is 2.68 bits per heavy atom. The summed E-state index contributed by atoms with van der Waals surface area (Å²) >= 11 is 0. The highest BCUT2D eigenvalue weighted by Gasteiger charge is 2.18. The molecule has 0 amide bonds. The van der Waals surface area contributed by atoms with Gasteiger partial charge in [-0.3, -0.25) is 9.78 Å². The van der Waals surface area contributed by atoms with E-state index < -0.39 is 26.2 Å². The normalized spacial score (nSPS) is 13.4. The van der Waals surface area contributed by atoms with E-state index in [2.05, 4.69) is 9.71 Å². The zero-order chi connectivity index (χ0) is 14.5. The first-order valence-corrected chi connectivity index (χ1v) is 7.27. The van der Waals surface area contributed by atoms with E-state index in [1.807, 2.05) is 11.9 Å². The molecule has 0 saturated heterocycles. The third-order valence-corrected chi connectivity index (χ3v) is 4.02. The largest absolute Gasteiger partial charge is 0.396 e. The van der Waals surface area contributed by atoms with Gasteiger partial charge in [-0.25, -0.2) is 17.9 Å². The average molecular weight is 291 g/mol. The minimum absolute atomic E-state index is 0.0480. The van der Waals surface area contributed by atoms with Crippen LogP contribution in [0.3, 0.4) is 0 Å². The molecule has 8 nitrogen and oxygen atoms in total. The van der Waals surface area contributed by atoms with Crippen molar-refractivity contribution in [3.63, 3.8) is 0 Å². The smallest absolute Gasteiger partial charge is 0.325 e. The number of nitrogens with one attached hydrogen (secondary N) is 3. The van der Waals surface area contributed by atoms with Crippen molar-refractivity contribution in [2.24, 2.45) is 5.92 Å². The van der Waals surface area contributed by atoms with Crippen LogP contribution in [-0.2, 0) is 10.0 Å². The molecule has 0 aliphatic heterocycles. The molecule has 19 heavy (non-hydrogen) atoms. The Labute approximate surface area is 109 Å². The minimum Gasteiger partial charge on any atom is -0.396 e. The molecule has 1 atom stereocenters. The van der Waals surface area contributed by atoms with Gasteiger partial charge in [-0.05, 0) is 18.8 Å². The van der Waals surface area contributed by atoms with Crippen LogP contribution in [0.1, 0.15) is 19.8 Å². The summed E-state index contributed by atoms with van der Waals surface area (Å²) in [6.45, 7) is 2.05. The monoisotopic (exact) mass is 291 g/mol. The maximum absolute atomic E-state index is 11.8. The molecule has 0 aliphatic carbocycles. The van der Waals surface area contributed by atoms with Gasteiger partial charge < -0.3 is 10.1 Å². The van der Waals surface area contributed by atoms with Crippen LogP contribution in [0.5, 0.6) is 0 Å². The van der Waals surface area contributed by atoms with Gasteiger partial charge in [-0.2, -0.15) is 0 Å². The van der Waals surface area contributed by atoms with E-state index in [9.17, 15) is 18.0 Å². The Kier molecular flexibility index (Phi) is 5.45. The number of aliphatic hydroxyl groups excluding tert-OH is 1.